The molecule has 0 aromatic carbocycles. The van der Waals surface area contributed by atoms with Crippen LogP contribution < -0.4 is 5.32 Å². The Kier molecular flexibility index (Phi) is 4.83. The van der Waals surface area contributed by atoms with Crippen LogP contribution in [-0.2, 0) is 0 Å². The van der Waals surface area contributed by atoms with Gasteiger partial charge in [-0.1, -0.05) is 24.4 Å². The van der Waals surface area contributed by atoms with Crippen LogP contribution in [0.1, 0.15) is 36.0 Å². The molecule has 0 radical (unpaired) electrons. The average molecular weight is 286 g/mol. The first-order valence-corrected chi connectivity index (χ1v) is 7.68. The van der Waals surface area contributed by atoms with E-state index in [-0.39, 0.29) is 5.15 Å². The molecule has 1 heterocycles. The van der Waals surface area contributed by atoms with Crippen molar-refractivity contribution in [2.24, 2.45) is 0 Å². The van der Waals surface area contributed by atoms with Crippen molar-refractivity contribution in [1.29, 1.82) is 0 Å². The van der Waals surface area contributed by atoms with Crippen molar-refractivity contribution in [3.63, 3.8) is 0 Å². The predicted octanol–water partition coefficient (Wildman–Crippen LogP) is 3.03. The number of hydrogen-bond acceptors (Lipinski definition) is 5. The smallest absolute Gasteiger partial charge is 0.156 e. The maximum atomic E-state index is 11.0. The average Bonchev–Trinajstić information content (AvgIpc) is 2.40. The standard InChI is InChI=1S/C12H16ClN3OS/c1-18-10-5-3-2-4-9(10)16-12-8(6-17)11(13)14-7-15-12/h6-7,9-10H,2-5H2,1H3,(H,14,15,16). The number of aldehydes is 1. The van der Waals surface area contributed by atoms with E-state index in [9.17, 15) is 4.79 Å². The molecular formula is C12H16ClN3OS. The molecule has 0 aliphatic heterocycles. The highest BCUT2D eigenvalue weighted by molar-refractivity contribution is 7.99. The number of halogens is 1. The Labute approximate surface area is 116 Å². The summed E-state index contributed by atoms with van der Waals surface area (Å²) in [4.78, 5) is 19.0. The van der Waals surface area contributed by atoms with Crippen LogP contribution in [0.5, 0.6) is 0 Å². The van der Waals surface area contributed by atoms with Crippen molar-refractivity contribution >= 4 is 35.5 Å². The molecule has 0 spiro atoms. The highest BCUT2D eigenvalue weighted by atomic mass is 35.5. The monoisotopic (exact) mass is 285 g/mol. The van der Waals surface area contributed by atoms with E-state index in [1.54, 1.807) is 0 Å². The van der Waals surface area contributed by atoms with Gasteiger partial charge in [0.1, 0.15) is 17.3 Å². The van der Waals surface area contributed by atoms with Crippen LogP contribution in [0.25, 0.3) is 0 Å². The van der Waals surface area contributed by atoms with Gasteiger partial charge in [-0.25, -0.2) is 9.97 Å². The van der Waals surface area contributed by atoms with Gasteiger partial charge in [-0.2, -0.15) is 11.8 Å². The number of carbonyl (C=O) groups excluding carboxylic acids is 1. The summed E-state index contributed by atoms with van der Waals surface area (Å²) in [6, 6.07) is 0.346. The number of thioether (sulfide) groups is 1. The summed E-state index contributed by atoms with van der Waals surface area (Å²) < 4.78 is 0. The highest BCUT2D eigenvalue weighted by Crippen LogP contribution is 2.30. The maximum Gasteiger partial charge on any atom is 0.156 e. The topological polar surface area (TPSA) is 54.9 Å². The van der Waals surface area contributed by atoms with Gasteiger partial charge < -0.3 is 5.32 Å². The van der Waals surface area contributed by atoms with Crippen LogP contribution in [0.15, 0.2) is 6.33 Å². The fourth-order valence-corrected chi connectivity index (χ4v) is 3.43. The van der Waals surface area contributed by atoms with Gasteiger partial charge in [0, 0.05) is 11.3 Å². The minimum absolute atomic E-state index is 0.207. The summed E-state index contributed by atoms with van der Waals surface area (Å²) in [6.07, 6.45) is 9.01. The molecule has 2 atom stereocenters. The van der Waals surface area contributed by atoms with E-state index >= 15 is 0 Å². The molecule has 18 heavy (non-hydrogen) atoms. The molecule has 0 amide bonds. The molecule has 98 valence electrons. The number of hydrogen-bond donors (Lipinski definition) is 1. The van der Waals surface area contributed by atoms with E-state index < -0.39 is 0 Å². The van der Waals surface area contributed by atoms with Gasteiger partial charge in [-0.3, -0.25) is 4.79 Å². The van der Waals surface area contributed by atoms with Crippen molar-refractivity contribution in [3.8, 4) is 0 Å². The van der Waals surface area contributed by atoms with Crippen LogP contribution in [0.4, 0.5) is 5.82 Å². The molecule has 1 saturated carbocycles. The number of aromatic nitrogens is 2. The zero-order valence-corrected chi connectivity index (χ0v) is 11.8. The molecule has 1 fully saturated rings. The third-order valence-corrected chi connectivity index (χ3v) is 4.75. The number of nitrogens with zero attached hydrogens (tertiary/aromatic N) is 2. The van der Waals surface area contributed by atoms with Gasteiger partial charge in [-0.05, 0) is 19.1 Å². The van der Waals surface area contributed by atoms with Crippen LogP contribution in [-0.4, -0.2) is 33.8 Å². The van der Waals surface area contributed by atoms with E-state index in [1.165, 1.54) is 25.6 Å². The number of anilines is 1. The van der Waals surface area contributed by atoms with Crippen molar-refractivity contribution in [3.05, 3.63) is 17.0 Å². The second-order valence-electron chi connectivity index (χ2n) is 4.35. The van der Waals surface area contributed by atoms with Crippen molar-refractivity contribution in [2.45, 2.75) is 37.0 Å². The number of carbonyl (C=O) groups is 1. The molecule has 1 aliphatic rings. The van der Waals surface area contributed by atoms with E-state index in [0.29, 0.717) is 29.0 Å². The summed E-state index contributed by atoms with van der Waals surface area (Å²) in [7, 11) is 0. The van der Waals surface area contributed by atoms with Crippen LogP contribution >= 0.6 is 23.4 Å². The Balaban J connectivity index is 2.17. The summed E-state index contributed by atoms with van der Waals surface area (Å²) in [5, 5.41) is 4.12. The molecule has 6 heteroatoms. The SMILES string of the molecule is CSC1CCCCC1Nc1ncnc(Cl)c1C=O. The molecule has 0 saturated heterocycles. The summed E-state index contributed by atoms with van der Waals surface area (Å²) in [6.45, 7) is 0. The van der Waals surface area contributed by atoms with Crippen LogP contribution in [0.3, 0.4) is 0 Å². The maximum absolute atomic E-state index is 11.0. The van der Waals surface area contributed by atoms with Crippen molar-refractivity contribution in [2.75, 3.05) is 11.6 Å². The lowest BCUT2D eigenvalue weighted by Crippen LogP contribution is -2.35. The molecule has 1 aromatic rings. The third-order valence-electron chi connectivity index (χ3n) is 3.28. The zero-order chi connectivity index (χ0) is 13.0. The highest BCUT2D eigenvalue weighted by Gasteiger charge is 2.25. The lowest BCUT2D eigenvalue weighted by Gasteiger charge is -2.31. The molecule has 1 N–H and O–H groups in total. The second-order valence-corrected chi connectivity index (χ2v) is 5.79. The Bertz CT molecular complexity index is 430. The third kappa shape index (κ3) is 2.95. The molecule has 1 aliphatic carbocycles. The summed E-state index contributed by atoms with van der Waals surface area (Å²) in [5.41, 5.74) is 0.351. The Morgan fingerprint density at radius 3 is 2.94 bits per heavy atom. The van der Waals surface area contributed by atoms with E-state index in [2.05, 4.69) is 21.5 Å². The lowest BCUT2D eigenvalue weighted by atomic mass is 9.95. The quantitative estimate of drug-likeness (QED) is 0.681. The number of nitrogens with one attached hydrogen (secondary N) is 1. The first kappa shape index (κ1) is 13.6. The van der Waals surface area contributed by atoms with E-state index in [1.807, 2.05) is 11.8 Å². The van der Waals surface area contributed by atoms with Crippen LogP contribution in [0, 0.1) is 0 Å². The van der Waals surface area contributed by atoms with Crippen molar-refractivity contribution in [1.82, 2.24) is 9.97 Å². The molecule has 0 bridgehead atoms. The molecule has 1 aromatic heterocycles. The number of rotatable bonds is 4. The zero-order valence-electron chi connectivity index (χ0n) is 10.2. The Morgan fingerprint density at radius 1 is 1.44 bits per heavy atom. The fraction of sp³-hybridized carbons (Fsp3) is 0.583. The van der Waals surface area contributed by atoms with Crippen molar-refractivity contribution < 1.29 is 4.79 Å². The Hall–Kier alpha value is -0.810. The predicted molar refractivity (Wildman–Crippen MR) is 75.6 cm³/mol. The first-order valence-electron chi connectivity index (χ1n) is 6.01. The molecule has 4 nitrogen and oxygen atoms in total. The summed E-state index contributed by atoms with van der Waals surface area (Å²) in [5.74, 6) is 0.552. The molecule has 2 unspecified atom stereocenters. The molecule has 2 rings (SSSR count). The minimum Gasteiger partial charge on any atom is -0.365 e. The van der Waals surface area contributed by atoms with Gasteiger partial charge in [0.25, 0.3) is 0 Å². The van der Waals surface area contributed by atoms with Gasteiger partial charge in [0.15, 0.2) is 6.29 Å². The van der Waals surface area contributed by atoms with E-state index in [4.69, 9.17) is 11.6 Å². The Morgan fingerprint density at radius 2 is 2.22 bits per heavy atom. The van der Waals surface area contributed by atoms with Gasteiger partial charge in [0.05, 0.1) is 5.56 Å². The van der Waals surface area contributed by atoms with Gasteiger partial charge in [-0.15, -0.1) is 0 Å². The second kappa shape index (κ2) is 6.38. The molecular weight excluding hydrogens is 270 g/mol. The fourth-order valence-electron chi connectivity index (χ4n) is 2.31. The van der Waals surface area contributed by atoms with Crippen LogP contribution in [0.2, 0.25) is 5.15 Å². The van der Waals surface area contributed by atoms with Gasteiger partial charge in [0.2, 0.25) is 0 Å². The summed E-state index contributed by atoms with van der Waals surface area (Å²) >= 11 is 7.75. The van der Waals surface area contributed by atoms with Gasteiger partial charge >= 0.3 is 0 Å². The normalized spacial score (nSPS) is 23.7. The first-order chi connectivity index (χ1) is 8.76. The largest absolute Gasteiger partial charge is 0.365 e. The lowest BCUT2D eigenvalue weighted by molar-refractivity contribution is 0.112. The van der Waals surface area contributed by atoms with E-state index in [0.717, 1.165) is 6.42 Å². The minimum atomic E-state index is 0.207.